The van der Waals surface area contributed by atoms with Crippen LogP contribution in [0.15, 0.2) is 59.5 Å². The molecule has 0 spiro atoms. The Kier molecular flexibility index (Phi) is 4.62. The normalized spacial score (nSPS) is 10.2. The minimum absolute atomic E-state index is 0.176. The van der Waals surface area contributed by atoms with Gasteiger partial charge in [0.05, 0.1) is 5.75 Å². The summed E-state index contributed by atoms with van der Waals surface area (Å²) in [5.74, 6) is 0.667. The zero-order valence-corrected chi connectivity index (χ0v) is 12.1. The highest BCUT2D eigenvalue weighted by Crippen LogP contribution is 2.18. The molecule has 0 atom stereocenters. The monoisotopic (exact) mass is 354 g/mol. The van der Waals surface area contributed by atoms with E-state index in [0.29, 0.717) is 5.75 Å². The summed E-state index contributed by atoms with van der Waals surface area (Å²) >= 11 is 3.81. The highest BCUT2D eigenvalue weighted by Gasteiger charge is 2.05. The number of benzene rings is 2. The number of thioether (sulfide) groups is 1. The van der Waals surface area contributed by atoms with E-state index in [2.05, 4.69) is 22.6 Å². The van der Waals surface area contributed by atoms with E-state index in [0.717, 1.165) is 14.0 Å². The van der Waals surface area contributed by atoms with Crippen molar-refractivity contribution in [3.8, 4) is 0 Å². The van der Waals surface area contributed by atoms with Crippen molar-refractivity contribution in [2.24, 2.45) is 0 Å². The van der Waals surface area contributed by atoms with Crippen LogP contribution in [0.2, 0.25) is 0 Å². The van der Waals surface area contributed by atoms with Crippen molar-refractivity contribution in [1.29, 1.82) is 0 Å². The Balaban J connectivity index is 1.96. The summed E-state index contributed by atoms with van der Waals surface area (Å²) in [6, 6.07) is 17.7. The van der Waals surface area contributed by atoms with Crippen molar-refractivity contribution in [3.63, 3.8) is 0 Å². The van der Waals surface area contributed by atoms with E-state index in [4.69, 9.17) is 0 Å². The van der Waals surface area contributed by atoms with Crippen molar-refractivity contribution in [2.75, 3.05) is 5.75 Å². The molecule has 0 aromatic heterocycles. The summed E-state index contributed by atoms with van der Waals surface area (Å²) < 4.78 is 1.15. The molecule has 0 fully saturated rings. The molecule has 0 saturated carbocycles. The molecule has 0 aliphatic rings. The Morgan fingerprint density at radius 2 is 1.65 bits per heavy atom. The third-order valence-corrected chi connectivity index (χ3v) is 4.01. The molecule has 0 radical (unpaired) electrons. The molecule has 86 valence electrons. The minimum Gasteiger partial charge on any atom is -0.293 e. The average Bonchev–Trinajstić information content (AvgIpc) is 2.38. The van der Waals surface area contributed by atoms with Gasteiger partial charge in [0.1, 0.15) is 0 Å². The Morgan fingerprint density at radius 3 is 2.29 bits per heavy atom. The van der Waals surface area contributed by atoms with Crippen LogP contribution in [0.3, 0.4) is 0 Å². The molecule has 0 unspecified atom stereocenters. The van der Waals surface area contributed by atoms with Gasteiger partial charge in [-0.05, 0) is 46.9 Å². The second-order valence-corrected chi connectivity index (χ2v) is 5.83. The second kappa shape index (κ2) is 6.21. The van der Waals surface area contributed by atoms with Gasteiger partial charge in [0, 0.05) is 14.0 Å². The summed E-state index contributed by atoms with van der Waals surface area (Å²) in [5.41, 5.74) is 0.786. The van der Waals surface area contributed by atoms with E-state index < -0.39 is 0 Å². The van der Waals surface area contributed by atoms with Gasteiger partial charge in [-0.15, -0.1) is 11.8 Å². The number of halogens is 1. The van der Waals surface area contributed by atoms with Crippen LogP contribution in [0.1, 0.15) is 10.4 Å². The highest BCUT2D eigenvalue weighted by molar-refractivity contribution is 14.1. The van der Waals surface area contributed by atoms with Gasteiger partial charge in [-0.1, -0.05) is 30.3 Å². The van der Waals surface area contributed by atoms with E-state index in [-0.39, 0.29) is 5.78 Å². The number of rotatable bonds is 4. The van der Waals surface area contributed by atoms with Crippen molar-refractivity contribution in [1.82, 2.24) is 0 Å². The summed E-state index contributed by atoms with van der Waals surface area (Å²) in [7, 11) is 0. The largest absolute Gasteiger partial charge is 0.293 e. The number of carbonyl (C=O) groups excluding carboxylic acids is 1. The molecule has 0 heterocycles. The second-order valence-electron chi connectivity index (χ2n) is 3.53. The fraction of sp³-hybridized carbons (Fsp3) is 0.0714. The molecular formula is C14H11IOS. The zero-order chi connectivity index (χ0) is 12.1. The summed E-state index contributed by atoms with van der Waals surface area (Å²) in [6.45, 7) is 0. The lowest BCUT2D eigenvalue weighted by atomic mass is 10.2. The Morgan fingerprint density at radius 1 is 1.00 bits per heavy atom. The van der Waals surface area contributed by atoms with Gasteiger partial charge >= 0.3 is 0 Å². The molecule has 3 heteroatoms. The van der Waals surface area contributed by atoms with Crippen LogP contribution in [0, 0.1) is 3.57 Å². The van der Waals surface area contributed by atoms with Crippen LogP contribution in [0.4, 0.5) is 0 Å². The van der Waals surface area contributed by atoms with Gasteiger partial charge in [-0.2, -0.15) is 0 Å². The quantitative estimate of drug-likeness (QED) is 0.464. The third kappa shape index (κ3) is 3.85. The molecule has 2 rings (SSSR count). The van der Waals surface area contributed by atoms with E-state index in [1.807, 2.05) is 54.6 Å². The Labute approximate surface area is 119 Å². The van der Waals surface area contributed by atoms with Crippen LogP contribution in [-0.2, 0) is 0 Å². The number of hydrogen-bond donors (Lipinski definition) is 0. The summed E-state index contributed by atoms with van der Waals surface area (Å²) in [5, 5.41) is 0. The molecule has 0 aliphatic carbocycles. The first-order valence-electron chi connectivity index (χ1n) is 5.22. The number of Topliss-reactive ketones (excluding diaryl/α,β-unsaturated/α-hetero) is 1. The predicted molar refractivity (Wildman–Crippen MR) is 80.7 cm³/mol. The first-order valence-corrected chi connectivity index (χ1v) is 7.29. The molecule has 17 heavy (non-hydrogen) atoms. The fourth-order valence-electron chi connectivity index (χ4n) is 1.38. The third-order valence-electron chi connectivity index (χ3n) is 2.28. The van der Waals surface area contributed by atoms with Gasteiger partial charge in [0.15, 0.2) is 5.78 Å². The van der Waals surface area contributed by atoms with Gasteiger partial charge in [-0.25, -0.2) is 0 Å². The summed E-state index contributed by atoms with van der Waals surface area (Å²) in [6.07, 6.45) is 0. The van der Waals surface area contributed by atoms with Crippen LogP contribution in [-0.4, -0.2) is 11.5 Å². The van der Waals surface area contributed by atoms with Crippen LogP contribution in [0.5, 0.6) is 0 Å². The maximum atomic E-state index is 11.9. The van der Waals surface area contributed by atoms with Gasteiger partial charge in [0.2, 0.25) is 0 Å². The summed E-state index contributed by atoms with van der Waals surface area (Å²) in [4.78, 5) is 13.0. The smallest absolute Gasteiger partial charge is 0.173 e. The van der Waals surface area contributed by atoms with Gasteiger partial charge < -0.3 is 0 Å². The molecule has 0 amide bonds. The van der Waals surface area contributed by atoms with Crippen molar-refractivity contribution >= 4 is 40.1 Å². The van der Waals surface area contributed by atoms with Gasteiger partial charge in [0.25, 0.3) is 0 Å². The number of carbonyl (C=O) groups is 1. The lowest BCUT2D eigenvalue weighted by Crippen LogP contribution is -2.01. The Bertz CT molecular complexity index is 493. The topological polar surface area (TPSA) is 17.1 Å². The van der Waals surface area contributed by atoms with E-state index in [9.17, 15) is 4.79 Å². The van der Waals surface area contributed by atoms with Crippen molar-refractivity contribution < 1.29 is 4.79 Å². The van der Waals surface area contributed by atoms with Crippen LogP contribution in [0.25, 0.3) is 0 Å². The Hall–Kier alpha value is -0.810. The lowest BCUT2D eigenvalue weighted by molar-refractivity contribution is 0.102. The number of ketones is 1. The molecule has 0 aliphatic heterocycles. The molecular weight excluding hydrogens is 343 g/mol. The maximum Gasteiger partial charge on any atom is 0.173 e. The highest BCUT2D eigenvalue weighted by atomic mass is 127. The molecule has 1 nitrogen and oxygen atoms in total. The van der Waals surface area contributed by atoms with E-state index >= 15 is 0 Å². The average molecular weight is 354 g/mol. The first kappa shape index (κ1) is 12.6. The van der Waals surface area contributed by atoms with Crippen LogP contribution < -0.4 is 0 Å². The van der Waals surface area contributed by atoms with E-state index in [1.165, 1.54) is 0 Å². The van der Waals surface area contributed by atoms with Crippen molar-refractivity contribution in [3.05, 3.63) is 63.7 Å². The molecule has 0 bridgehead atoms. The molecule has 2 aromatic rings. The van der Waals surface area contributed by atoms with Gasteiger partial charge in [-0.3, -0.25) is 4.79 Å². The fourth-order valence-corrected chi connectivity index (χ4v) is 2.56. The van der Waals surface area contributed by atoms with E-state index in [1.54, 1.807) is 11.8 Å². The maximum absolute atomic E-state index is 11.9. The number of hydrogen-bond acceptors (Lipinski definition) is 2. The standard InChI is InChI=1S/C14H11IOS/c15-12-8-6-11(7-9-12)14(16)10-17-13-4-2-1-3-5-13/h1-9H,10H2. The molecule has 0 saturated heterocycles. The van der Waals surface area contributed by atoms with Crippen LogP contribution >= 0.6 is 34.4 Å². The van der Waals surface area contributed by atoms with Crippen molar-refractivity contribution in [2.45, 2.75) is 4.90 Å². The SMILES string of the molecule is O=C(CSc1ccccc1)c1ccc(I)cc1. The first-order chi connectivity index (χ1) is 8.25. The lowest BCUT2D eigenvalue weighted by Gasteiger charge is -2.01. The minimum atomic E-state index is 0.176. The molecule has 0 N–H and O–H groups in total. The zero-order valence-electron chi connectivity index (χ0n) is 9.10. The predicted octanol–water partition coefficient (Wildman–Crippen LogP) is 4.27. The molecule has 2 aromatic carbocycles.